The predicted molar refractivity (Wildman–Crippen MR) is 80.7 cm³/mol. The fourth-order valence-corrected chi connectivity index (χ4v) is 2.03. The Balaban J connectivity index is 0.00000242. The van der Waals surface area contributed by atoms with Crippen LogP contribution in [0, 0.1) is 11.6 Å². The molecule has 0 saturated heterocycles. The van der Waals surface area contributed by atoms with Crippen molar-refractivity contribution in [3.8, 4) is 0 Å². The summed E-state index contributed by atoms with van der Waals surface area (Å²) in [5.41, 5.74) is 5.82. The lowest BCUT2D eigenvalue weighted by Crippen LogP contribution is -2.28. The molecule has 1 amide bonds. The predicted octanol–water partition coefficient (Wildman–Crippen LogP) is 3.32. The molecule has 0 aliphatic heterocycles. The van der Waals surface area contributed by atoms with Gasteiger partial charge in [-0.2, -0.15) is 0 Å². The third-order valence-corrected chi connectivity index (χ3v) is 3.16. The van der Waals surface area contributed by atoms with Crippen LogP contribution in [0.3, 0.4) is 0 Å². The van der Waals surface area contributed by atoms with Gasteiger partial charge in [-0.3, -0.25) is 4.79 Å². The van der Waals surface area contributed by atoms with Gasteiger partial charge in [0.2, 0.25) is 0 Å². The number of benzene rings is 1. The lowest BCUT2D eigenvalue weighted by Gasteiger charge is -2.17. The molecule has 0 aliphatic carbocycles. The van der Waals surface area contributed by atoms with Crippen molar-refractivity contribution in [3.63, 3.8) is 0 Å². The minimum absolute atomic E-state index is 0. The first kappa shape index (κ1) is 18.1. The Morgan fingerprint density at radius 2 is 2.09 bits per heavy atom. The Labute approximate surface area is 133 Å². The molecule has 1 atom stereocenters. The number of halogens is 3. The number of furan rings is 1. The normalized spacial score (nSPS) is 11.6. The van der Waals surface area contributed by atoms with Crippen molar-refractivity contribution in [2.45, 2.75) is 25.9 Å². The fraction of sp³-hybridized carbons (Fsp3) is 0.267. The van der Waals surface area contributed by atoms with E-state index in [1.165, 1.54) is 12.3 Å². The first-order valence-corrected chi connectivity index (χ1v) is 6.58. The van der Waals surface area contributed by atoms with Gasteiger partial charge in [-0.15, -0.1) is 12.4 Å². The van der Waals surface area contributed by atoms with E-state index < -0.39 is 23.6 Å². The minimum Gasteiger partial charge on any atom is -0.467 e. The Morgan fingerprint density at radius 1 is 1.36 bits per heavy atom. The highest BCUT2D eigenvalue weighted by Crippen LogP contribution is 2.22. The molecule has 2 rings (SSSR count). The van der Waals surface area contributed by atoms with Crippen molar-refractivity contribution < 1.29 is 18.0 Å². The summed E-state index contributed by atoms with van der Waals surface area (Å²) in [4.78, 5) is 12.1. The SMILES string of the molecule is CCC(NC(=O)c1coc(CN)c1)c1cc(F)ccc1F.Cl. The molecule has 120 valence electrons. The average molecular weight is 331 g/mol. The molecule has 22 heavy (non-hydrogen) atoms. The highest BCUT2D eigenvalue weighted by atomic mass is 35.5. The maximum Gasteiger partial charge on any atom is 0.255 e. The molecule has 2 aromatic rings. The molecular formula is C15H17ClF2N2O2. The van der Waals surface area contributed by atoms with Crippen molar-refractivity contribution in [1.82, 2.24) is 5.32 Å². The van der Waals surface area contributed by atoms with Gasteiger partial charge < -0.3 is 15.5 Å². The van der Waals surface area contributed by atoms with E-state index in [1.807, 2.05) is 0 Å². The van der Waals surface area contributed by atoms with Crippen LogP contribution in [0.15, 0.2) is 34.9 Å². The highest BCUT2D eigenvalue weighted by Gasteiger charge is 2.19. The number of hydrogen-bond acceptors (Lipinski definition) is 3. The summed E-state index contributed by atoms with van der Waals surface area (Å²) in [6.45, 7) is 1.96. The van der Waals surface area contributed by atoms with E-state index in [1.54, 1.807) is 6.92 Å². The molecular weight excluding hydrogens is 314 g/mol. The number of nitrogens with one attached hydrogen (secondary N) is 1. The summed E-state index contributed by atoms with van der Waals surface area (Å²) in [5.74, 6) is -1.05. The van der Waals surface area contributed by atoms with Gasteiger partial charge in [0.05, 0.1) is 18.2 Å². The van der Waals surface area contributed by atoms with Crippen LogP contribution in [0.5, 0.6) is 0 Å². The highest BCUT2D eigenvalue weighted by molar-refractivity contribution is 5.94. The van der Waals surface area contributed by atoms with Crippen LogP contribution in [0.1, 0.15) is 41.1 Å². The van der Waals surface area contributed by atoms with Gasteiger partial charge in [0.15, 0.2) is 0 Å². The van der Waals surface area contributed by atoms with E-state index in [9.17, 15) is 13.6 Å². The Bertz CT molecular complexity index is 646. The van der Waals surface area contributed by atoms with Crippen LogP contribution in [0.2, 0.25) is 0 Å². The summed E-state index contributed by atoms with van der Waals surface area (Å²) in [6.07, 6.45) is 1.71. The van der Waals surface area contributed by atoms with Gasteiger partial charge in [-0.1, -0.05) is 6.92 Å². The van der Waals surface area contributed by atoms with E-state index in [4.69, 9.17) is 10.2 Å². The molecule has 1 aromatic heterocycles. The molecule has 0 bridgehead atoms. The summed E-state index contributed by atoms with van der Waals surface area (Å²) in [6, 6.07) is 4.07. The number of nitrogens with two attached hydrogens (primary N) is 1. The molecule has 0 spiro atoms. The summed E-state index contributed by atoms with van der Waals surface area (Å²) >= 11 is 0. The van der Waals surface area contributed by atoms with Crippen LogP contribution < -0.4 is 11.1 Å². The van der Waals surface area contributed by atoms with Gasteiger partial charge in [0.25, 0.3) is 5.91 Å². The summed E-state index contributed by atoms with van der Waals surface area (Å²) < 4.78 is 32.1. The molecule has 4 nitrogen and oxygen atoms in total. The molecule has 0 aliphatic rings. The van der Waals surface area contributed by atoms with Crippen molar-refractivity contribution in [1.29, 1.82) is 0 Å². The number of amides is 1. The molecule has 3 N–H and O–H groups in total. The molecule has 0 radical (unpaired) electrons. The van der Waals surface area contributed by atoms with Gasteiger partial charge in [0, 0.05) is 5.56 Å². The van der Waals surface area contributed by atoms with Crippen molar-refractivity contribution >= 4 is 18.3 Å². The van der Waals surface area contributed by atoms with Gasteiger partial charge in [-0.05, 0) is 30.7 Å². The van der Waals surface area contributed by atoms with Gasteiger partial charge >= 0.3 is 0 Å². The third kappa shape index (κ3) is 4.05. The Morgan fingerprint density at radius 3 is 2.68 bits per heavy atom. The number of carbonyl (C=O) groups excluding carboxylic acids is 1. The van der Waals surface area contributed by atoms with E-state index in [2.05, 4.69) is 5.32 Å². The largest absolute Gasteiger partial charge is 0.467 e. The summed E-state index contributed by atoms with van der Waals surface area (Å²) in [7, 11) is 0. The van der Waals surface area contributed by atoms with E-state index in [0.717, 1.165) is 18.2 Å². The Hall–Kier alpha value is -1.92. The van der Waals surface area contributed by atoms with Crippen molar-refractivity contribution in [3.05, 3.63) is 59.1 Å². The molecule has 1 unspecified atom stereocenters. The fourth-order valence-electron chi connectivity index (χ4n) is 2.03. The van der Waals surface area contributed by atoms with Crippen LogP contribution >= 0.6 is 12.4 Å². The third-order valence-electron chi connectivity index (χ3n) is 3.16. The molecule has 1 aromatic carbocycles. The summed E-state index contributed by atoms with van der Waals surface area (Å²) in [5, 5.41) is 2.66. The first-order valence-electron chi connectivity index (χ1n) is 6.58. The smallest absolute Gasteiger partial charge is 0.255 e. The Kier molecular flexibility index (Phi) is 6.52. The lowest BCUT2D eigenvalue weighted by atomic mass is 10.0. The molecule has 7 heteroatoms. The molecule has 0 saturated carbocycles. The topological polar surface area (TPSA) is 68.3 Å². The maximum atomic E-state index is 13.8. The molecule has 0 fully saturated rings. The van der Waals surface area contributed by atoms with Crippen LogP contribution in [0.4, 0.5) is 8.78 Å². The maximum absolute atomic E-state index is 13.8. The second-order valence-electron chi connectivity index (χ2n) is 4.61. The quantitative estimate of drug-likeness (QED) is 0.883. The second kappa shape index (κ2) is 7.91. The number of hydrogen-bond donors (Lipinski definition) is 2. The van der Waals surface area contributed by atoms with Crippen molar-refractivity contribution in [2.24, 2.45) is 5.73 Å². The van der Waals surface area contributed by atoms with E-state index in [-0.39, 0.29) is 24.5 Å². The average Bonchev–Trinajstić information content (AvgIpc) is 2.96. The molecule has 1 heterocycles. The van der Waals surface area contributed by atoms with Crippen LogP contribution in [-0.4, -0.2) is 5.91 Å². The zero-order chi connectivity index (χ0) is 15.4. The minimum atomic E-state index is -0.621. The number of rotatable bonds is 5. The van der Waals surface area contributed by atoms with Crippen LogP contribution in [-0.2, 0) is 6.54 Å². The number of carbonyl (C=O) groups is 1. The zero-order valence-corrected chi connectivity index (χ0v) is 12.8. The standard InChI is InChI=1S/C15H16F2N2O2.ClH/c1-2-14(12-6-10(16)3-4-13(12)17)19-15(20)9-5-11(7-18)21-8-9;/h3-6,8,14H,2,7,18H2,1H3,(H,19,20);1H. The van der Waals surface area contributed by atoms with Crippen LogP contribution in [0.25, 0.3) is 0 Å². The lowest BCUT2D eigenvalue weighted by molar-refractivity contribution is 0.0934. The monoisotopic (exact) mass is 330 g/mol. The van der Waals surface area contributed by atoms with Gasteiger partial charge in [0.1, 0.15) is 23.7 Å². The van der Waals surface area contributed by atoms with Gasteiger partial charge in [-0.25, -0.2) is 8.78 Å². The first-order chi connectivity index (χ1) is 10.0. The van der Waals surface area contributed by atoms with E-state index >= 15 is 0 Å². The van der Waals surface area contributed by atoms with Crippen molar-refractivity contribution in [2.75, 3.05) is 0 Å². The zero-order valence-electron chi connectivity index (χ0n) is 11.9. The van der Waals surface area contributed by atoms with E-state index in [0.29, 0.717) is 17.7 Å². The second-order valence-corrected chi connectivity index (χ2v) is 4.61.